The molecule has 0 fully saturated rings. The standard InChI is InChI=1S/C21H22N2O5S/c1-12(2)11-15-13-7-3-4-8-14(13)19(24)18(20(15)25)21(26)23-16-9-5-6-10-17(16)29(22,27)28/h3-10,12,15,24H,11H2,1-2H3,(H,23,26)(H2,22,27,28). The minimum absolute atomic E-state index is 0.0626. The second-order valence-corrected chi connectivity index (χ2v) is 8.88. The number of carbonyl (C=O) groups excluding carboxylic acids is 2. The summed E-state index contributed by atoms with van der Waals surface area (Å²) in [6, 6.07) is 12.5. The fourth-order valence-electron chi connectivity index (χ4n) is 3.51. The van der Waals surface area contributed by atoms with Crippen LogP contribution in [0.4, 0.5) is 5.69 Å². The number of nitrogens with one attached hydrogen (secondary N) is 1. The quantitative estimate of drug-likeness (QED) is 0.648. The average molecular weight is 414 g/mol. The molecule has 7 nitrogen and oxygen atoms in total. The summed E-state index contributed by atoms with van der Waals surface area (Å²) < 4.78 is 23.6. The van der Waals surface area contributed by atoms with Crippen LogP contribution in [0.25, 0.3) is 5.76 Å². The van der Waals surface area contributed by atoms with E-state index in [1.807, 2.05) is 13.8 Å². The Morgan fingerprint density at radius 2 is 1.76 bits per heavy atom. The molecule has 1 unspecified atom stereocenters. The van der Waals surface area contributed by atoms with Crippen LogP contribution in [0.2, 0.25) is 0 Å². The molecule has 0 saturated carbocycles. The van der Waals surface area contributed by atoms with Crippen molar-refractivity contribution in [3.63, 3.8) is 0 Å². The van der Waals surface area contributed by atoms with E-state index in [0.29, 0.717) is 17.5 Å². The van der Waals surface area contributed by atoms with E-state index in [4.69, 9.17) is 5.14 Å². The van der Waals surface area contributed by atoms with Crippen LogP contribution in [-0.4, -0.2) is 25.2 Å². The van der Waals surface area contributed by atoms with Crippen molar-refractivity contribution >= 4 is 33.2 Å². The molecule has 3 rings (SSSR count). The lowest BCUT2D eigenvalue weighted by Crippen LogP contribution is -2.31. The Hall–Kier alpha value is -2.97. The number of rotatable bonds is 5. The maximum Gasteiger partial charge on any atom is 0.263 e. The van der Waals surface area contributed by atoms with Gasteiger partial charge < -0.3 is 10.4 Å². The van der Waals surface area contributed by atoms with Gasteiger partial charge >= 0.3 is 0 Å². The largest absolute Gasteiger partial charge is 0.506 e. The number of fused-ring (bicyclic) bond motifs is 1. The molecule has 29 heavy (non-hydrogen) atoms. The summed E-state index contributed by atoms with van der Waals surface area (Å²) in [7, 11) is -4.09. The first-order valence-electron chi connectivity index (χ1n) is 9.11. The number of aliphatic hydroxyl groups excluding tert-OH is 1. The molecular weight excluding hydrogens is 392 g/mol. The van der Waals surface area contributed by atoms with Crippen molar-refractivity contribution in [2.45, 2.75) is 31.1 Å². The number of anilines is 1. The van der Waals surface area contributed by atoms with Crippen molar-refractivity contribution < 1.29 is 23.1 Å². The second kappa shape index (κ2) is 7.81. The predicted molar refractivity (Wildman–Crippen MR) is 110 cm³/mol. The Kier molecular flexibility index (Phi) is 5.59. The van der Waals surface area contributed by atoms with Crippen LogP contribution in [0.15, 0.2) is 59.0 Å². The molecule has 2 aromatic rings. The van der Waals surface area contributed by atoms with Crippen molar-refractivity contribution in [1.29, 1.82) is 0 Å². The lowest BCUT2D eigenvalue weighted by molar-refractivity contribution is -0.121. The first-order chi connectivity index (χ1) is 13.6. The van der Waals surface area contributed by atoms with Gasteiger partial charge in [0.1, 0.15) is 16.2 Å². The number of aliphatic hydroxyl groups is 1. The van der Waals surface area contributed by atoms with Gasteiger partial charge in [0.15, 0.2) is 5.78 Å². The topological polar surface area (TPSA) is 127 Å². The number of para-hydroxylation sites is 1. The highest BCUT2D eigenvalue weighted by Gasteiger charge is 2.38. The lowest BCUT2D eigenvalue weighted by atomic mass is 9.77. The SMILES string of the molecule is CC(C)CC1C(=O)C(C(=O)Nc2ccccc2S(N)(=O)=O)=C(O)c2ccccc21. The minimum Gasteiger partial charge on any atom is -0.506 e. The number of nitrogens with two attached hydrogens (primary N) is 1. The normalized spacial score (nSPS) is 16.7. The average Bonchev–Trinajstić information content (AvgIpc) is 2.64. The van der Waals surface area contributed by atoms with Crippen LogP contribution in [0.5, 0.6) is 0 Å². The molecule has 0 radical (unpaired) electrons. The van der Waals surface area contributed by atoms with Gasteiger partial charge in [0, 0.05) is 11.5 Å². The van der Waals surface area contributed by atoms with Gasteiger partial charge in [-0.2, -0.15) is 0 Å². The highest BCUT2D eigenvalue weighted by atomic mass is 32.2. The van der Waals surface area contributed by atoms with E-state index in [1.54, 1.807) is 24.3 Å². The minimum atomic E-state index is -4.09. The van der Waals surface area contributed by atoms with Crippen LogP contribution < -0.4 is 10.5 Å². The van der Waals surface area contributed by atoms with Crippen LogP contribution in [0.1, 0.15) is 37.3 Å². The van der Waals surface area contributed by atoms with Crippen LogP contribution in [-0.2, 0) is 19.6 Å². The summed E-state index contributed by atoms with van der Waals surface area (Å²) in [6.45, 7) is 3.94. The van der Waals surface area contributed by atoms with Gasteiger partial charge in [0.25, 0.3) is 5.91 Å². The van der Waals surface area contributed by atoms with Crippen LogP contribution >= 0.6 is 0 Å². The van der Waals surface area contributed by atoms with Crippen LogP contribution in [0, 0.1) is 5.92 Å². The first-order valence-corrected chi connectivity index (χ1v) is 10.7. The van der Waals surface area contributed by atoms with Crippen molar-refractivity contribution in [3.05, 3.63) is 65.2 Å². The molecule has 1 atom stereocenters. The van der Waals surface area contributed by atoms with E-state index in [-0.39, 0.29) is 16.5 Å². The fourth-order valence-corrected chi connectivity index (χ4v) is 4.20. The number of hydrogen-bond donors (Lipinski definition) is 3. The summed E-state index contributed by atoms with van der Waals surface area (Å²) >= 11 is 0. The van der Waals surface area contributed by atoms with E-state index < -0.39 is 39.0 Å². The van der Waals surface area contributed by atoms with Crippen molar-refractivity contribution in [2.75, 3.05) is 5.32 Å². The molecule has 1 aliphatic carbocycles. The van der Waals surface area contributed by atoms with Gasteiger partial charge in [-0.1, -0.05) is 50.2 Å². The van der Waals surface area contributed by atoms with Crippen molar-refractivity contribution in [3.8, 4) is 0 Å². The van der Waals surface area contributed by atoms with Gasteiger partial charge in [-0.25, -0.2) is 13.6 Å². The van der Waals surface area contributed by atoms with Gasteiger partial charge in [-0.15, -0.1) is 0 Å². The number of hydrogen-bond acceptors (Lipinski definition) is 5. The number of sulfonamides is 1. The number of amides is 1. The molecule has 1 amide bonds. The van der Waals surface area contributed by atoms with Crippen molar-refractivity contribution in [2.24, 2.45) is 11.1 Å². The maximum atomic E-state index is 13.1. The van der Waals surface area contributed by atoms with E-state index in [9.17, 15) is 23.1 Å². The molecule has 0 spiro atoms. The third kappa shape index (κ3) is 4.08. The summed E-state index contributed by atoms with van der Waals surface area (Å²) in [5.74, 6) is -2.19. The maximum absolute atomic E-state index is 13.1. The zero-order valence-corrected chi connectivity index (χ0v) is 16.9. The van der Waals surface area contributed by atoms with Crippen molar-refractivity contribution in [1.82, 2.24) is 0 Å². The first kappa shape index (κ1) is 20.8. The van der Waals surface area contributed by atoms with E-state index in [1.165, 1.54) is 24.3 Å². The molecular formula is C21H22N2O5S. The highest BCUT2D eigenvalue weighted by molar-refractivity contribution is 7.89. The molecule has 0 bridgehead atoms. The summed E-state index contributed by atoms with van der Waals surface area (Å²) in [4.78, 5) is 25.8. The Balaban J connectivity index is 2.06. The lowest BCUT2D eigenvalue weighted by Gasteiger charge is -2.27. The smallest absolute Gasteiger partial charge is 0.263 e. The number of benzene rings is 2. The third-order valence-corrected chi connectivity index (χ3v) is 5.74. The van der Waals surface area contributed by atoms with Gasteiger partial charge in [-0.05, 0) is 30.0 Å². The Bertz CT molecular complexity index is 1120. The van der Waals surface area contributed by atoms with Gasteiger partial charge in [0.2, 0.25) is 10.0 Å². The Labute approximate surface area is 169 Å². The summed E-state index contributed by atoms with van der Waals surface area (Å²) in [5.41, 5.74) is 0.638. The molecule has 1 aliphatic rings. The zero-order chi connectivity index (χ0) is 21.3. The molecule has 0 heterocycles. The molecule has 2 aromatic carbocycles. The summed E-state index contributed by atoms with van der Waals surface area (Å²) in [5, 5.41) is 18.3. The second-order valence-electron chi connectivity index (χ2n) is 7.35. The number of ketones is 1. The van der Waals surface area contributed by atoms with E-state index >= 15 is 0 Å². The molecule has 0 aliphatic heterocycles. The Morgan fingerprint density at radius 1 is 1.14 bits per heavy atom. The number of primary sulfonamides is 1. The van der Waals surface area contributed by atoms with E-state index in [0.717, 1.165) is 0 Å². The molecule has 0 aromatic heterocycles. The molecule has 4 N–H and O–H groups in total. The van der Waals surface area contributed by atoms with E-state index in [2.05, 4.69) is 5.32 Å². The molecule has 152 valence electrons. The predicted octanol–water partition coefficient (Wildman–Crippen LogP) is 2.95. The number of Topliss-reactive ketones (excluding diaryl/α,β-unsaturated/α-hetero) is 1. The Morgan fingerprint density at radius 3 is 2.41 bits per heavy atom. The zero-order valence-electron chi connectivity index (χ0n) is 16.0. The van der Waals surface area contributed by atoms with Gasteiger partial charge in [-0.3, -0.25) is 9.59 Å². The van der Waals surface area contributed by atoms with Gasteiger partial charge in [0.05, 0.1) is 5.69 Å². The van der Waals surface area contributed by atoms with Crippen LogP contribution in [0.3, 0.4) is 0 Å². The highest BCUT2D eigenvalue weighted by Crippen LogP contribution is 2.39. The fraction of sp³-hybridized carbons (Fsp3) is 0.238. The molecule has 8 heteroatoms. The third-order valence-electron chi connectivity index (χ3n) is 4.77. The number of carbonyl (C=O) groups is 2. The monoisotopic (exact) mass is 414 g/mol. The summed E-state index contributed by atoms with van der Waals surface area (Å²) in [6.07, 6.45) is 0.508. The molecule has 0 saturated heterocycles.